The number of hydroxylamine groups is 2. The SMILES string of the molecule is C=C/C=C1\C(=C/C)c2ccc(NC(=O)CCN3C(=O)CC(S)C3=O)cc2C1COC(=O)ON1C(=O)CCC1=O.CC. The number of nitrogens with zero attached hydrogens (tertiary/aromatic N) is 2. The van der Waals surface area contributed by atoms with E-state index in [-0.39, 0.29) is 50.6 Å². The van der Waals surface area contributed by atoms with Crippen LogP contribution >= 0.6 is 12.6 Å². The number of ether oxygens (including phenoxy) is 1. The Morgan fingerprint density at radius 1 is 1.12 bits per heavy atom. The molecule has 2 unspecified atom stereocenters. The maximum absolute atomic E-state index is 12.6. The number of likely N-dealkylation sites (tertiary alicyclic amines) is 1. The highest BCUT2D eigenvalue weighted by Crippen LogP contribution is 2.46. The molecule has 2 heterocycles. The van der Waals surface area contributed by atoms with E-state index in [1.54, 1.807) is 24.3 Å². The number of carbonyl (C=O) groups is 6. The van der Waals surface area contributed by atoms with Crippen LogP contribution in [0.4, 0.5) is 10.5 Å². The van der Waals surface area contributed by atoms with Gasteiger partial charge in [-0.25, -0.2) is 4.79 Å². The van der Waals surface area contributed by atoms with Crippen molar-refractivity contribution in [2.24, 2.45) is 0 Å². The third-order valence-electron chi connectivity index (χ3n) is 6.60. The molecule has 11 nitrogen and oxygen atoms in total. The minimum Gasteiger partial charge on any atom is -0.432 e. The summed E-state index contributed by atoms with van der Waals surface area (Å²) in [6, 6.07) is 5.31. The van der Waals surface area contributed by atoms with Crippen LogP contribution in [0.1, 0.15) is 63.5 Å². The lowest BCUT2D eigenvalue weighted by Crippen LogP contribution is -2.33. The molecule has 0 radical (unpaired) electrons. The van der Waals surface area contributed by atoms with Gasteiger partial charge in [-0.2, -0.15) is 12.6 Å². The Hall–Kier alpha value is -4.19. The van der Waals surface area contributed by atoms with Crippen molar-refractivity contribution in [3.8, 4) is 0 Å². The van der Waals surface area contributed by atoms with Gasteiger partial charge in [0.25, 0.3) is 11.8 Å². The summed E-state index contributed by atoms with van der Waals surface area (Å²) in [6.07, 6.45) is 3.99. The fourth-order valence-electron chi connectivity index (χ4n) is 4.77. The molecule has 1 aromatic rings. The number of imide groups is 2. The van der Waals surface area contributed by atoms with Crippen molar-refractivity contribution in [1.29, 1.82) is 0 Å². The van der Waals surface area contributed by atoms with Crippen LogP contribution in [0.15, 0.2) is 48.6 Å². The van der Waals surface area contributed by atoms with Crippen molar-refractivity contribution in [3.05, 3.63) is 59.7 Å². The summed E-state index contributed by atoms with van der Waals surface area (Å²) in [6.45, 7) is 9.42. The number of hydrogen-bond acceptors (Lipinski definition) is 9. The van der Waals surface area contributed by atoms with Gasteiger partial charge in [-0.05, 0) is 41.3 Å². The van der Waals surface area contributed by atoms with Gasteiger partial charge in [0.2, 0.25) is 17.7 Å². The van der Waals surface area contributed by atoms with E-state index in [4.69, 9.17) is 9.57 Å². The molecular weight excluding hydrogens is 550 g/mol. The van der Waals surface area contributed by atoms with Crippen LogP contribution in [0.5, 0.6) is 0 Å². The number of fused-ring (bicyclic) bond motifs is 1. The maximum atomic E-state index is 12.6. The Morgan fingerprint density at radius 2 is 1.80 bits per heavy atom. The van der Waals surface area contributed by atoms with Crippen molar-refractivity contribution < 1.29 is 38.3 Å². The zero-order valence-electron chi connectivity index (χ0n) is 23.2. The summed E-state index contributed by atoms with van der Waals surface area (Å²) < 4.78 is 5.28. The minimum atomic E-state index is -1.19. The van der Waals surface area contributed by atoms with Gasteiger partial charge in [0.05, 0.1) is 5.25 Å². The number of anilines is 1. The summed E-state index contributed by atoms with van der Waals surface area (Å²) in [5.74, 6) is -2.84. The average molecular weight is 584 g/mol. The molecule has 1 aliphatic carbocycles. The van der Waals surface area contributed by atoms with Gasteiger partial charge in [0.1, 0.15) is 6.61 Å². The number of hydrogen-bond donors (Lipinski definition) is 2. The number of carbonyl (C=O) groups excluding carboxylic acids is 6. The third kappa shape index (κ3) is 6.94. The standard InChI is InChI=1S/C27H27N3O8S.C2H6/c1-3-5-17-16(4-2)18-7-6-15(28-22(31)10-11-29-25(34)13-21(39)26(29)35)12-19(18)20(17)14-37-27(36)38-30-23(32)8-9-24(30)33;1-2/h3-7,12,20-21,39H,1,8-11,13-14H2,2H3,(H,28,31);1-2H3/b16-4+,17-5+;. The Kier molecular flexibility index (Phi) is 10.6. The fraction of sp³-hybridized carbons (Fsp3) is 0.379. The molecule has 3 aliphatic rings. The molecule has 2 aliphatic heterocycles. The molecule has 12 heteroatoms. The zero-order valence-corrected chi connectivity index (χ0v) is 24.1. The highest BCUT2D eigenvalue weighted by molar-refractivity contribution is 7.81. The van der Waals surface area contributed by atoms with Crippen LogP contribution in [0.3, 0.4) is 0 Å². The Labute approximate surface area is 243 Å². The van der Waals surface area contributed by atoms with Crippen LogP contribution in [-0.2, 0) is 33.5 Å². The predicted molar refractivity (Wildman–Crippen MR) is 153 cm³/mol. The van der Waals surface area contributed by atoms with Crippen LogP contribution in [0.25, 0.3) is 5.57 Å². The van der Waals surface area contributed by atoms with E-state index in [0.717, 1.165) is 27.2 Å². The van der Waals surface area contributed by atoms with Crippen molar-refractivity contribution in [2.75, 3.05) is 18.5 Å². The summed E-state index contributed by atoms with van der Waals surface area (Å²) >= 11 is 4.08. The van der Waals surface area contributed by atoms with Crippen LogP contribution in [0, 0.1) is 0 Å². The summed E-state index contributed by atoms with van der Waals surface area (Å²) in [4.78, 5) is 78.1. The van der Waals surface area contributed by atoms with Gasteiger partial charge in [0, 0.05) is 43.8 Å². The second kappa shape index (κ2) is 13.9. The van der Waals surface area contributed by atoms with Crippen molar-refractivity contribution in [3.63, 3.8) is 0 Å². The molecule has 4 rings (SSSR count). The lowest BCUT2D eigenvalue weighted by Gasteiger charge is -2.17. The maximum Gasteiger partial charge on any atom is 0.533 e. The molecule has 0 bridgehead atoms. The Balaban J connectivity index is 0.00000226. The van der Waals surface area contributed by atoms with Crippen LogP contribution < -0.4 is 5.32 Å². The number of amides is 5. The van der Waals surface area contributed by atoms with E-state index in [1.165, 1.54) is 0 Å². The summed E-state index contributed by atoms with van der Waals surface area (Å²) in [5, 5.41) is 2.51. The first-order chi connectivity index (χ1) is 19.6. The van der Waals surface area contributed by atoms with E-state index in [1.807, 2.05) is 32.9 Å². The fourth-order valence-corrected chi connectivity index (χ4v) is 5.06. The molecule has 0 aromatic heterocycles. The largest absolute Gasteiger partial charge is 0.533 e. The first-order valence-corrected chi connectivity index (χ1v) is 13.8. The first kappa shape index (κ1) is 31.3. The van der Waals surface area contributed by atoms with E-state index in [2.05, 4.69) is 24.5 Å². The Morgan fingerprint density at radius 3 is 2.39 bits per heavy atom. The molecule has 5 amide bonds. The van der Waals surface area contributed by atoms with Crippen molar-refractivity contribution in [1.82, 2.24) is 9.96 Å². The second-order valence-electron chi connectivity index (χ2n) is 9.05. The summed E-state index contributed by atoms with van der Waals surface area (Å²) in [7, 11) is 0. The summed E-state index contributed by atoms with van der Waals surface area (Å²) in [5.41, 5.74) is 3.81. The molecule has 0 saturated carbocycles. The molecule has 0 spiro atoms. The van der Waals surface area contributed by atoms with Gasteiger partial charge >= 0.3 is 6.16 Å². The molecule has 2 atom stereocenters. The number of allylic oxidation sites excluding steroid dienone is 4. The Bertz CT molecular complexity index is 1320. The molecule has 2 saturated heterocycles. The monoisotopic (exact) mass is 583 g/mol. The molecule has 41 heavy (non-hydrogen) atoms. The number of thiol groups is 1. The predicted octanol–water partition coefficient (Wildman–Crippen LogP) is 3.93. The van der Waals surface area contributed by atoms with Crippen LogP contribution in [0.2, 0.25) is 0 Å². The lowest BCUT2D eigenvalue weighted by molar-refractivity contribution is -0.177. The topological polar surface area (TPSA) is 139 Å². The van der Waals surface area contributed by atoms with Gasteiger partial charge in [-0.15, -0.1) is 0 Å². The molecule has 1 aromatic carbocycles. The van der Waals surface area contributed by atoms with Gasteiger partial charge in [0.15, 0.2) is 0 Å². The van der Waals surface area contributed by atoms with E-state index < -0.39 is 35.0 Å². The van der Waals surface area contributed by atoms with Crippen molar-refractivity contribution >= 4 is 59.6 Å². The van der Waals surface area contributed by atoms with E-state index in [0.29, 0.717) is 10.8 Å². The van der Waals surface area contributed by atoms with Crippen LogP contribution in [-0.4, -0.2) is 64.1 Å². The highest BCUT2D eigenvalue weighted by atomic mass is 32.1. The first-order valence-electron chi connectivity index (χ1n) is 13.3. The van der Waals surface area contributed by atoms with Gasteiger partial charge < -0.3 is 10.1 Å². The zero-order chi connectivity index (χ0) is 30.3. The normalized spacial score (nSPS) is 21.7. The minimum absolute atomic E-state index is 0.0177. The van der Waals surface area contributed by atoms with Crippen molar-refractivity contribution in [2.45, 2.75) is 57.6 Å². The highest BCUT2D eigenvalue weighted by Gasteiger charge is 2.37. The van der Waals surface area contributed by atoms with E-state index >= 15 is 0 Å². The molecule has 218 valence electrons. The molecule has 1 N–H and O–H groups in total. The molecule has 2 fully saturated rings. The van der Waals surface area contributed by atoms with Gasteiger partial charge in [-0.1, -0.05) is 49.8 Å². The van der Waals surface area contributed by atoms with E-state index in [9.17, 15) is 28.8 Å². The molecular formula is C29H33N3O8S. The number of benzene rings is 1. The lowest BCUT2D eigenvalue weighted by atomic mass is 9.97. The third-order valence-corrected chi connectivity index (χ3v) is 7.00. The quantitative estimate of drug-likeness (QED) is 0.267. The smallest absolute Gasteiger partial charge is 0.432 e. The number of nitrogens with one attached hydrogen (secondary N) is 1. The number of rotatable bonds is 8. The van der Waals surface area contributed by atoms with Gasteiger partial charge in [-0.3, -0.25) is 33.7 Å². The average Bonchev–Trinajstić information content (AvgIpc) is 3.52. The second-order valence-corrected chi connectivity index (χ2v) is 9.67.